The number of unbranched alkanes of at least 4 members (excludes halogenated alkanes) is 1. The zero-order valence-corrected chi connectivity index (χ0v) is 19.5. The topological polar surface area (TPSA) is 104 Å². The maximum atomic E-state index is 13.3. The van der Waals surface area contributed by atoms with E-state index >= 15 is 0 Å². The van der Waals surface area contributed by atoms with Gasteiger partial charge in [-0.15, -0.1) is 10.2 Å². The highest BCUT2D eigenvalue weighted by atomic mass is 16.5. The molecule has 2 atom stereocenters. The summed E-state index contributed by atoms with van der Waals surface area (Å²) in [5, 5.41) is 14.4. The van der Waals surface area contributed by atoms with Crippen molar-refractivity contribution in [2.24, 2.45) is 0 Å². The third-order valence-corrected chi connectivity index (χ3v) is 6.68. The van der Waals surface area contributed by atoms with Gasteiger partial charge in [0.2, 0.25) is 5.82 Å². The van der Waals surface area contributed by atoms with Crippen molar-refractivity contribution in [2.45, 2.75) is 57.7 Å². The fourth-order valence-corrected chi connectivity index (χ4v) is 4.60. The van der Waals surface area contributed by atoms with Crippen LogP contribution in [0.15, 0.2) is 53.6 Å². The molecule has 1 aliphatic carbocycles. The van der Waals surface area contributed by atoms with Crippen LogP contribution in [0.1, 0.15) is 50.0 Å². The molecule has 34 heavy (non-hydrogen) atoms. The Morgan fingerprint density at radius 2 is 2.00 bits per heavy atom. The molecule has 1 aliphatic rings. The molecule has 4 aromatic rings. The molecule has 5 rings (SSSR count). The number of rotatable bonds is 9. The molecule has 176 valence electrons. The van der Waals surface area contributed by atoms with Crippen LogP contribution in [0.25, 0.3) is 22.5 Å². The number of pyridine rings is 1. The van der Waals surface area contributed by atoms with Crippen LogP contribution in [0.3, 0.4) is 0 Å². The van der Waals surface area contributed by atoms with Crippen molar-refractivity contribution in [3.05, 3.63) is 70.7 Å². The SMILES string of the molecule is CCCCc1cn(C2CCC2OC)c(=O)n1Cc1ccc(-c2ccccc2-c2nn[nH]n2)cn1. The Hall–Kier alpha value is -3.59. The molecule has 3 aromatic heterocycles. The van der Waals surface area contributed by atoms with Crippen LogP contribution in [0.4, 0.5) is 0 Å². The van der Waals surface area contributed by atoms with E-state index in [1.165, 1.54) is 0 Å². The molecule has 1 saturated carbocycles. The lowest BCUT2D eigenvalue weighted by atomic mass is 9.89. The number of tetrazole rings is 1. The number of nitrogens with zero attached hydrogens (tertiary/aromatic N) is 6. The minimum absolute atomic E-state index is 0.0196. The van der Waals surface area contributed by atoms with Gasteiger partial charge >= 0.3 is 5.69 Å². The summed E-state index contributed by atoms with van der Waals surface area (Å²) in [6.07, 6.45) is 8.96. The average molecular weight is 460 g/mol. The van der Waals surface area contributed by atoms with Gasteiger partial charge in [0.25, 0.3) is 0 Å². The van der Waals surface area contributed by atoms with Crippen LogP contribution < -0.4 is 5.69 Å². The number of aromatic amines is 1. The molecule has 1 N–H and O–H groups in total. The fraction of sp³-hybridized carbons (Fsp3) is 0.400. The van der Waals surface area contributed by atoms with Gasteiger partial charge in [-0.3, -0.25) is 14.1 Å². The predicted molar refractivity (Wildman–Crippen MR) is 128 cm³/mol. The van der Waals surface area contributed by atoms with Crippen molar-refractivity contribution in [1.82, 2.24) is 34.7 Å². The van der Waals surface area contributed by atoms with Crippen LogP contribution in [-0.2, 0) is 17.7 Å². The zero-order chi connectivity index (χ0) is 23.5. The van der Waals surface area contributed by atoms with Gasteiger partial charge in [-0.05, 0) is 42.5 Å². The second-order valence-electron chi connectivity index (χ2n) is 8.74. The summed E-state index contributed by atoms with van der Waals surface area (Å²) in [7, 11) is 1.72. The highest BCUT2D eigenvalue weighted by Crippen LogP contribution is 2.34. The summed E-state index contributed by atoms with van der Waals surface area (Å²) in [4.78, 5) is 18.0. The van der Waals surface area contributed by atoms with Crippen molar-refractivity contribution in [3.63, 3.8) is 0 Å². The highest BCUT2D eigenvalue weighted by molar-refractivity contribution is 5.79. The van der Waals surface area contributed by atoms with E-state index < -0.39 is 0 Å². The molecule has 3 heterocycles. The predicted octanol–water partition coefficient (Wildman–Crippen LogP) is 3.63. The minimum atomic E-state index is 0.0196. The summed E-state index contributed by atoms with van der Waals surface area (Å²) >= 11 is 0. The van der Waals surface area contributed by atoms with Gasteiger partial charge < -0.3 is 4.74 Å². The lowest BCUT2D eigenvalue weighted by molar-refractivity contribution is -0.0105. The van der Waals surface area contributed by atoms with Crippen molar-refractivity contribution in [1.29, 1.82) is 0 Å². The van der Waals surface area contributed by atoms with E-state index in [4.69, 9.17) is 9.72 Å². The normalized spacial score (nSPS) is 17.6. The summed E-state index contributed by atoms with van der Waals surface area (Å²) < 4.78 is 9.30. The van der Waals surface area contributed by atoms with Gasteiger partial charge in [0.05, 0.1) is 24.4 Å². The molecule has 0 saturated heterocycles. The smallest absolute Gasteiger partial charge is 0.329 e. The first-order chi connectivity index (χ1) is 16.7. The number of ether oxygens (including phenoxy) is 1. The Balaban J connectivity index is 1.43. The van der Waals surface area contributed by atoms with E-state index in [0.717, 1.165) is 60.2 Å². The molecule has 0 aliphatic heterocycles. The fourth-order valence-electron chi connectivity index (χ4n) is 4.60. The van der Waals surface area contributed by atoms with Crippen molar-refractivity contribution >= 4 is 0 Å². The quantitative estimate of drug-likeness (QED) is 0.410. The number of aryl methyl sites for hydroxylation is 1. The van der Waals surface area contributed by atoms with Crippen molar-refractivity contribution < 1.29 is 4.74 Å². The third kappa shape index (κ3) is 4.19. The summed E-state index contributed by atoms with van der Waals surface area (Å²) in [6.45, 7) is 2.61. The van der Waals surface area contributed by atoms with Crippen LogP contribution in [0, 0.1) is 0 Å². The number of nitrogens with one attached hydrogen (secondary N) is 1. The van der Waals surface area contributed by atoms with Gasteiger partial charge in [-0.1, -0.05) is 43.7 Å². The number of hydrogen-bond acceptors (Lipinski definition) is 6. The molecule has 1 aromatic carbocycles. The maximum absolute atomic E-state index is 13.3. The van der Waals surface area contributed by atoms with Crippen molar-refractivity contribution in [3.8, 4) is 22.5 Å². The first kappa shape index (κ1) is 22.2. The minimum Gasteiger partial charge on any atom is -0.379 e. The van der Waals surface area contributed by atoms with E-state index in [9.17, 15) is 4.79 Å². The molecule has 9 nitrogen and oxygen atoms in total. The summed E-state index contributed by atoms with van der Waals surface area (Å²) in [5.41, 5.74) is 4.74. The molecule has 0 bridgehead atoms. The summed E-state index contributed by atoms with van der Waals surface area (Å²) in [6, 6.07) is 12.0. The molecule has 0 amide bonds. The number of benzene rings is 1. The molecular weight excluding hydrogens is 430 g/mol. The Kier molecular flexibility index (Phi) is 6.35. The molecule has 0 spiro atoms. The van der Waals surface area contributed by atoms with Crippen LogP contribution in [0.5, 0.6) is 0 Å². The molecule has 1 fully saturated rings. The Labute approximate surface area is 197 Å². The van der Waals surface area contributed by atoms with E-state index in [0.29, 0.717) is 12.4 Å². The van der Waals surface area contributed by atoms with E-state index in [1.54, 1.807) is 7.11 Å². The number of hydrogen-bond donors (Lipinski definition) is 1. The second kappa shape index (κ2) is 9.72. The standard InChI is InChI=1S/C25H29N7O2/c1-3-4-7-19-16-32(22-12-13-23(22)34-2)25(33)31(19)15-18-11-10-17(14-26-18)20-8-5-6-9-21(20)24-27-29-30-28-24/h5-6,8-11,14,16,22-23H,3-4,7,12-13,15H2,1-2H3,(H,27,28,29,30). The van der Waals surface area contributed by atoms with E-state index in [1.807, 2.05) is 57.9 Å². The lowest BCUT2D eigenvalue weighted by Crippen LogP contribution is -2.40. The van der Waals surface area contributed by atoms with E-state index in [2.05, 4.69) is 27.5 Å². The molecule has 0 radical (unpaired) electrons. The lowest BCUT2D eigenvalue weighted by Gasteiger charge is -2.35. The largest absolute Gasteiger partial charge is 0.379 e. The number of aromatic nitrogens is 7. The van der Waals surface area contributed by atoms with Gasteiger partial charge in [-0.25, -0.2) is 4.79 Å². The van der Waals surface area contributed by atoms with Crippen LogP contribution in [0.2, 0.25) is 0 Å². The van der Waals surface area contributed by atoms with Gasteiger partial charge in [0.15, 0.2) is 0 Å². The Bertz CT molecular complexity index is 1290. The number of imidazole rings is 1. The molecule has 2 unspecified atom stereocenters. The first-order valence-electron chi connectivity index (χ1n) is 11.8. The molecule has 9 heteroatoms. The second-order valence-corrected chi connectivity index (χ2v) is 8.74. The first-order valence-corrected chi connectivity index (χ1v) is 11.8. The maximum Gasteiger partial charge on any atom is 0.329 e. The zero-order valence-electron chi connectivity index (χ0n) is 19.5. The summed E-state index contributed by atoms with van der Waals surface area (Å²) in [5.74, 6) is 0.540. The Morgan fingerprint density at radius 3 is 2.65 bits per heavy atom. The molecular formula is C25H29N7O2. The highest BCUT2D eigenvalue weighted by Gasteiger charge is 2.34. The van der Waals surface area contributed by atoms with E-state index in [-0.39, 0.29) is 17.8 Å². The monoisotopic (exact) mass is 459 g/mol. The van der Waals surface area contributed by atoms with Crippen LogP contribution >= 0.6 is 0 Å². The average Bonchev–Trinajstić information content (AvgIpc) is 3.48. The van der Waals surface area contributed by atoms with Gasteiger partial charge in [0.1, 0.15) is 0 Å². The Morgan fingerprint density at radius 1 is 1.15 bits per heavy atom. The van der Waals surface area contributed by atoms with Gasteiger partial charge in [0, 0.05) is 36.3 Å². The number of methoxy groups -OCH3 is 1. The number of H-pyrrole nitrogens is 1. The third-order valence-electron chi connectivity index (χ3n) is 6.68. The van der Waals surface area contributed by atoms with Crippen LogP contribution in [-0.4, -0.2) is 48.0 Å². The van der Waals surface area contributed by atoms with Crippen molar-refractivity contribution in [2.75, 3.05) is 7.11 Å². The van der Waals surface area contributed by atoms with Gasteiger partial charge in [-0.2, -0.15) is 5.21 Å².